The molecule has 0 spiro atoms. The molecule has 2 unspecified atom stereocenters. The van der Waals surface area contributed by atoms with Crippen molar-refractivity contribution in [2.45, 2.75) is 39.2 Å². The number of hydrogen-bond donors (Lipinski definition) is 1. The molecular weight excluding hydrogens is 240 g/mol. The van der Waals surface area contributed by atoms with E-state index in [1.165, 1.54) is 12.8 Å². The quantitative estimate of drug-likeness (QED) is 0.821. The standard InChI is InChI=1S/C15H30N2O2/c1-3-16-11-15(6-4-8-18-13-15)12-17-7-5-9-19-14(2)10-17/h14,16H,3-13H2,1-2H3. The first kappa shape index (κ1) is 15.2. The lowest BCUT2D eigenvalue weighted by atomic mass is 9.81. The highest BCUT2D eigenvalue weighted by molar-refractivity contribution is 4.88. The smallest absolute Gasteiger partial charge is 0.0673 e. The molecule has 0 bridgehead atoms. The number of rotatable bonds is 5. The van der Waals surface area contributed by atoms with E-state index in [0.717, 1.165) is 59.0 Å². The Balaban J connectivity index is 1.93. The molecule has 2 saturated heterocycles. The third kappa shape index (κ3) is 4.71. The molecule has 0 aliphatic carbocycles. The van der Waals surface area contributed by atoms with Crippen LogP contribution in [0.2, 0.25) is 0 Å². The first-order valence-electron chi connectivity index (χ1n) is 7.86. The highest BCUT2D eigenvalue weighted by atomic mass is 16.5. The van der Waals surface area contributed by atoms with E-state index in [2.05, 4.69) is 24.1 Å². The van der Waals surface area contributed by atoms with Crippen LogP contribution in [0, 0.1) is 5.41 Å². The van der Waals surface area contributed by atoms with Crippen LogP contribution in [0.4, 0.5) is 0 Å². The molecule has 2 fully saturated rings. The Morgan fingerprint density at radius 3 is 2.95 bits per heavy atom. The summed E-state index contributed by atoms with van der Waals surface area (Å²) >= 11 is 0. The first-order valence-corrected chi connectivity index (χ1v) is 7.86. The lowest BCUT2D eigenvalue weighted by molar-refractivity contribution is -0.0291. The molecule has 4 nitrogen and oxygen atoms in total. The zero-order chi connectivity index (χ0) is 13.6. The molecule has 19 heavy (non-hydrogen) atoms. The van der Waals surface area contributed by atoms with E-state index in [1.54, 1.807) is 0 Å². The van der Waals surface area contributed by atoms with Gasteiger partial charge in [-0.3, -0.25) is 4.90 Å². The fraction of sp³-hybridized carbons (Fsp3) is 1.00. The van der Waals surface area contributed by atoms with Crippen molar-refractivity contribution in [1.82, 2.24) is 10.2 Å². The van der Waals surface area contributed by atoms with E-state index in [0.29, 0.717) is 11.5 Å². The van der Waals surface area contributed by atoms with Crippen molar-refractivity contribution in [3.05, 3.63) is 0 Å². The maximum atomic E-state index is 5.78. The summed E-state index contributed by atoms with van der Waals surface area (Å²) in [5.74, 6) is 0. The van der Waals surface area contributed by atoms with E-state index in [4.69, 9.17) is 9.47 Å². The lowest BCUT2D eigenvalue weighted by Gasteiger charge is -2.41. The van der Waals surface area contributed by atoms with Crippen LogP contribution in [-0.4, -0.2) is 63.5 Å². The molecule has 0 aromatic heterocycles. The minimum Gasteiger partial charge on any atom is -0.381 e. The fourth-order valence-electron chi connectivity index (χ4n) is 3.32. The van der Waals surface area contributed by atoms with Crippen molar-refractivity contribution in [1.29, 1.82) is 0 Å². The van der Waals surface area contributed by atoms with Gasteiger partial charge in [0.15, 0.2) is 0 Å². The van der Waals surface area contributed by atoms with Crippen molar-refractivity contribution in [3.63, 3.8) is 0 Å². The molecule has 0 radical (unpaired) electrons. The SMILES string of the molecule is CCNCC1(CN2CCCOC(C)C2)CCCOC1. The molecule has 2 aliphatic rings. The maximum Gasteiger partial charge on any atom is 0.0673 e. The largest absolute Gasteiger partial charge is 0.381 e. The molecular formula is C15H30N2O2. The third-order valence-electron chi connectivity index (χ3n) is 4.25. The molecule has 2 atom stereocenters. The van der Waals surface area contributed by atoms with Gasteiger partial charge in [0.1, 0.15) is 0 Å². The number of nitrogens with zero attached hydrogens (tertiary/aromatic N) is 1. The average Bonchev–Trinajstić information content (AvgIpc) is 2.62. The van der Waals surface area contributed by atoms with Gasteiger partial charge in [0.05, 0.1) is 12.7 Å². The molecule has 0 saturated carbocycles. The molecule has 112 valence electrons. The van der Waals surface area contributed by atoms with Crippen LogP contribution in [0.1, 0.15) is 33.1 Å². The number of nitrogens with one attached hydrogen (secondary N) is 1. The van der Waals surface area contributed by atoms with Crippen LogP contribution < -0.4 is 5.32 Å². The van der Waals surface area contributed by atoms with Gasteiger partial charge in [0.2, 0.25) is 0 Å². The van der Waals surface area contributed by atoms with Gasteiger partial charge in [-0.25, -0.2) is 0 Å². The van der Waals surface area contributed by atoms with Gasteiger partial charge in [-0.05, 0) is 32.7 Å². The third-order valence-corrected chi connectivity index (χ3v) is 4.25. The second-order valence-corrected chi connectivity index (χ2v) is 6.21. The van der Waals surface area contributed by atoms with E-state index in [-0.39, 0.29) is 0 Å². The summed E-state index contributed by atoms with van der Waals surface area (Å²) in [4.78, 5) is 2.59. The van der Waals surface area contributed by atoms with Gasteiger partial charge >= 0.3 is 0 Å². The average molecular weight is 270 g/mol. The molecule has 2 rings (SSSR count). The molecule has 0 aromatic carbocycles. The van der Waals surface area contributed by atoms with Crippen LogP contribution in [0.15, 0.2) is 0 Å². The molecule has 0 aromatic rings. The zero-order valence-electron chi connectivity index (χ0n) is 12.6. The number of hydrogen-bond acceptors (Lipinski definition) is 4. The Labute approximate surface area is 117 Å². The Hall–Kier alpha value is -0.160. The van der Waals surface area contributed by atoms with Crippen molar-refractivity contribution < 1.29 is 9.47 Å². The minimum atomic E-state index is 0.304. The number of ether oxygens (including phenoxy) is 2. The van der Waals surface area contributed by atoms with E-state index < -0.39 is 0 Å². The second kappa shape index (κ2) is 7.58. The predicted octanol–water partition coefficient (Wildman–Crippen LogP) is 1.50. The summed E-state index contributed by atoms with van der Waals surface area (Å²) < 4.78 is 11.5. The molecule has 1 N–H and O–H groups in total. The lowest BCUT2D eigenvalue weighted by Crippen LogP contribution is -2.50. The zero-order valence-corrected chi connectivity index (χ0v) is 12.6. The van der Waals surface area contributed by atoms with Crippen molar-refractivity contribution in [3.8, 4) is 0 Å². The Kier molecular flexibility index (Phi) is 6.07. The fourth-order valence-corrected chi connectivity index (χ4v) is 3.32. The van der Waals surface area contributed by atoms with E-state index in [1.807, 2.05) is 0 Å². The van der Waals surface area contributed by atoms with Crippen LogP contribution in [0.3, 0.4) is 0 Å². The summed E-state index contributed by atoms with van der Waals surface area (Å²) in [7, 11) is 0. The normalized spacial score (nSPS) is 34.1. The monoisotopic (exact) mass is 270 g/mol. The van der Waals surface area contributed by atoms with Crippen molar-refractivity contribution in [2.75, 3.05) is 52.5 Å². The second-order valence-electron chi connectivity index (χ2n) is 6.21. The maximum absolute atomic E-state index is 5.78. The molecule has 2 heterocycles. The van der Waals surface area contributed by atoms with Gasteiger partial charge in [0, 0.05) is 44.8 Å². The van der Waals surface area contributed by atoms with E-state index >= 15 is 0 Å². The van der Waals surface area contributed by atoms with Crippen molar-refractivity contribution >= 4 is 0 Å². The van der Waals surface area contributed by atoms with Crippen LogP contribution in [0.5, 0.6) is 0 Å². The summed E-state index contributed by atoms with van der Waals surface area (Å²) in [6.45, 7) is 12.6. The topological polar surface area (TPSA) is 33.7 Å². The van der Waals surface area contributed by atoms with Crippen molar-refractivity contribution in [2.24, 2.45) is 5.41 Å². The predicted molar refractivity (Wildman–Crippen MR) is 77.5 cm³/mol. The summed E-state index contributed by atoms with van der Waals surface area (Å²) in [5, 5.41) is 3.54. The molecule has 2 aliphatic heterocycles. The molecule has 0 amide bonds. The summed E-state index contributed by atoms with van der Waals surface area (Å²) in [6.07, 6.45) is 4.00. The van der Waals surface area contributed by atoms with Gasteiger partial charge in [-0.15, -0.1) is 0 Å². The van der Waals surface area contributed by atoms with Crippen LogP contribution >= 0.6 is 0 Å². The Morgan fingerprint density at radius 2 is 2.21 bits per heavy atom. The van der Waals surface area contributed by atoms with Crippen LogP contribution in [-0.2, 0) is 9.47 Å². The Bertz CT molecular complexity index is 255. The van der Waals surface area contributed by atoms with Crippen LogP contribution in [0.25, 0.3) is 0 Å². The van der Waals surface area contributed by atoms with Gasteiger partial charge < -0.3 is 14.8 Å². The van der Waals surface area contributed by atoms with Gasteiger partial charge in [-0.1, -0.05) is 6.92 Å². The molecule has 4 heteroatoms. The first-order chi connectivity index (χ1) is 9.24. The highest BCUT2D eigenvalue weighted by Gasteiger charge is 2.35. The summed E-state index contributed by atoms with van der Waals surface area (Å²) in [6, 6.07) is 0. The van der Waals surface area contributed by atoms with E-state index in [9.17, 15) is 0 Å². The Morgan fingerprint density at radius 1 is 1.32 bits per heavy atom. The highest BCUT2D eigenvalue weighted by Crippen LogP contribution is 2.29. The minimum absolute atomic E-state index is 0.304. The summed E-state index contributed by atoms with van der Waals surface area (Å²) in [5.41, 5.74) is 0.304. The van der Waals surface area contributed by atoms with Gasteiger partial charge in [0.25, 0.3) is 0 Å². The van der Waals surface area contributed by atoms with Gasteiger partial charge in [-0.2, -0.15) is 0 Å².